The van der Waals surface area contributed by atoms with Crippen LogP contribution in [0.5, 0.6) is 0 Å². The zero-order valence-corrected chi connectivity index (χ0v) is 18.2. The molecule has 0 bridgehead atoms. The molecule has 3 heterocycles. The van der Waals surface area contributed by atoms with E-state index in [4.69, 9.17) is 35.9 Å². The molecule has 0 saturated carbocycles. The van der Waals surface area contributed by atoms with Gasteiger partial charge in [0.15, 0.2) is 11.6 Å². The van der Waals surface area contributed by atoms with Crippen molar-refractivity contribution < 1.29 is 23.7 Å². The maximum atomic E-state index is 6.34. The van der Waals surface area contributed by atoms with E-state index in [1.54, 1.807) is 11.8 Å². The lowest BCUT2D eigenvalue weighted by Gasteiger charge is -2.27. The highest BCUT2D eigenvalue weighted by atomic mass is 32.2. The second-order valence-corrected chi connectivity index (χ2v) is 9.47. The molecule has 8 heteroatoms. The Labute approximate surface area is 166 Å². The highest BCUT2D eigenvalue weighted by Gasteiger charge is 2.58. The van der Waals surface area contributed by atoms with E-state index < -0.39 is 11.6 Å². The van der Waals surface area contributed by atoms with E-state index in [9.17, 15) is 0 Å². The molecule has 0 aromatic heterocycles. The van der Waals surface area contributed by atoms with Crippen LogP contribution in [0.15, 0.2) is 0 Å². The maximum Gasteiger partial charge on any atom is 0.164 e. The predicted molar refractivity (Wildman–Crippen MR) is 105 cm³/mol. The van der Waals surface area contributed by atoms with Crippen LogP contribution in [-0.2, 0) is 23.7 Å². The summed E-state index contributed by atoms with van der Waals surface area (Å²) in [5.41, 5.74) is 0. The SMILES string of the molecule is CCN(CC)C(=S)SCC1O[C@H]([C@H]2COC(C)(C)O2)[C@@H]2OC(C)(C)O[C@H]12. The van der Waals surface area contributed by atoms with E-state index in [0.29, 0.717) is 6.61 Å². The molecule has 3 aliphatic rings. The molecule has 150 valence electrons. The van der Waals surface area contributed by atoms with Gasteiger partial charge in [-0.15, -0.1) is 0 Å². The van der Waals surface area contributed by atoms with Crippen LogP contribution in [0, 0.1) is 0 Å². The lowest BCUT2D eigenvalue weighted by atomic mass is 10.0. The van der Waals surface area contributed by atoms with Gasteiger partial charge in [0.05, 0.1) is 12.7 Å². The zero-order chi connectivity index (χ0) is 19.1. The van der Waals surface area contributed by atoms with Crippen molar-refractivity contribution in [2.75, 3.05) is 25.4 Å². The summed E-state index contributed by atoms with van der Waals surface area (Å²) < 4.78 is 31.3. The van der Waals surface area contributed by atoms with Gasteiger partial charge in [0.2, 0.25) is 0 Å². The number of nitrogens with zero attached hydrogens (tertiary/aromatic N) is 1. The molecule has 3 saturated heterocycles. The number of thiocarbonyl (C=S) groups is 1. The van der Waals surface area contributed by atoms with Gasteiger partial charge in [0.25, 0.3) is 0 Å². The van der Waals surface area contributed by atoms with Gasteiger partial charge in [-0.25, -0.2) is 0 Å². The fourth-order valence-corrected chi connectivity index (χ4v) is 5.23. The quantitative estimate of drug-likeness (QED) is 0.647. The Morgan fingerprint density at radius 3 is 2.23 bits per heavy atom. The molecule has 3 rings (SSSR count). The van der Waals surface area contributed by atoms with E-state index in [2.05, 4.69) is 18.7 Å². The zero-order valence-electron chi connectivity index (χ0n) is 16.5. The number of hydrogen-bond donors (Lipinski definition) is 0. The Morgan fingerprint density at radius 2 is 1.65 bits per heavy atom. The monoisotopic (exact) mass is 405 g/mol. The third-order valence-electron chi connectivity index (χ3n) is 4.98. The normalized spacial score (nSPS) is 37.7. The van der Waals surface area contributed by atoms with E-state index in [1.165, 1.54) is 0 Å². The number of hydrogen-bond acceptors (Lipinski definition) is 7. The minimum atomic E-state index is -0.616. The van der Waals surface area contributed by atoms with Crippen LogP contribution in [-0.4, -0.2) is 76.8 Å². The summed E-state index contributed by atoms with van der Waals surface area (Å²) in [6.45, 7) is 14.3. The van der Waals surface area contributed by atoms with Crippen LogP contribution in [0.2, 0.25) is 0 Å². The Morgan fingerprint density at radius 1 is 1.00 bits per heavy atom. The van der Waals surface area contributed by atoms with E-state index in [0.717, 1.165) is 23.2 Å². The molecule has 6 nitrogen and oxygen atoms in total. The Hall–Kier alpha value is 0.0400. The smallest absolute Gasteiger partial charge is 0.164 e. The van der Waals surface area contributed by atoms with Gasteiger partial charge < -0.3 is 28.6 Å². The molecule has 0 amide bonds. The summed E-state index contributed by atoms with van der Waals surface area (Å²) in [5.74, 6) is -0.465. The lowest BCUT2D eigenvalue weighted by Crippen LogP contribution is -2.40. The molecule has 3 aliphatic heterocycles. The van der Waals surface area contributed by atoms with Gasteiger partial charge >= 0.3 is 0 Å². The Kier molecular flexibility index (Phi) is 6.24. The first-order chi connectivity index (χ1) is 12.2. The molecule has 0 aromatic rings. The van der Waals surface area contributed by atoms with E-state index >= 15 is 0 Å². The number of rotatable bonds is 5. The maximum absolute atomic E-state index is 6.34. The topological polar surface area (TPSA) is 49.4 Å². The first kappa shape index (κ1) is 20.8. The minimum Gasteiger partial charge on any atom is -0.366 e. The minimum absolute atomic E-state index is 0.0856. The van der Waals surface area contributed by atoms with Gasteiger partial charge in [0.1, 0.15) is 28.7 Å². The highest BCUT2D eigenvalue weighted by Crippen LogP contribution is 2.43. The van der Waals surface area contributed by atoms with Gasteiger partial charge in [-0.1, -0.05) is 24.0 Å². The molecule has 0 N–H and O–H groups in total. The molecule has 0 aliphatic carbocycles. The summed E-state index contributed by atoms with van der Waals surface area (Å²) >= 11 is 7.21. The van der Waals surface area contributed by atoms with Crippen molar-refractivity contribution in [3.63, 3.8) is 0 Å². The van der Waals surface area contributed by atoms with Crippen LogP contribution in [0.25, 0.3) is 0 Å². The van der Waals surface area contributed by atoms with Crippen molar-refractivity contribution in [3.8, 4) is 0 Å². The average molecular weight is 406 g/mol. The van der Waals surface area contributed by atoms with Gasteiger partial charge in [-0.2, -0.15) is 0 Å². The van der Waals surface area contributed by atoms with Crippen LogP contribution in [0.3, 0.4) is 0 Å². The van der Waals surface area contributed by atoms with Crippen LogP contribution >= 0.6 is 24.0 Å². The third kappa shape index (κ3) is 4.37. The fourth-order valence-electron chi connectivity index (χ4n) is 3.75. The highest BCUT2D eigenvalue weighted by molar-refractivity contribution is 8.22. The first-order valence-corrected chi connectivity index (χ1v) is 10.8. The predicted octanol–water partition coefficient (Wildman–Crippen LogP) is 2.79. The number of fused-ring (bicyclic) bond motifs is 1. The summed E-state index contributed by atoms with van der Waals surface area (Å²) in [7, 11) is 0. The van der Waals surface area contributed by atoms with Crippen molar-refractivity contribution in [1.29, 1.82) is 0 Å². The summed E-state index contributed by atoms with van der Waals surface area (Å²) in [6, 6.07) is 0. The van der Waals surface area contributed by atoms with Crippen molar-refractivity contribution in [1.82, 2.24) is 4.90 Å². The molecule has 5 atom stereocenters. The summed E-state index contributed by atoms with van der Waals surface area (Å²) in [6.07, 6.45) is -0.706. The van der Waals surface area contributed by atoms with Gasteiger partial charge in [-0.05, 0) is 41.5 Å². The van der Waals surface area contributed by atoms with Crippen LogP contribution in [0.4, 0.5) is 0 Å². The molecular formula is C18H31NO5S2. The standard InChI is InChI=1S/C18H31NO5S2/c1-7-19(8-2)16(25)26-10-12-14-15(24-18(5,6)23-14)13(21-12)11-9-20-17(3,4)22-11/h11-15H,7-10H2,1-6H3/t11-,12?,13-,14-,15+/m1/s1. The largest absolute Gasteiger partial charge is 0.366 e. The van der Waals surface area contributed by atoms with Crippen LogP contribution in [0.1, 0.15) is 41.5 Å². The molecular weight excluding hydrogens is 374 g/mol. The summed E-state index contributed by atoms with van der Waals surface area (Å²) in [5, 5.41) is 0. The Bertz CT molecular complexity index is 526. The molecule has 0 aromatic carbocycles. The van der Waals surface area contributed by atoms with Crippen molar-refractivity contribution in [3.05, 3.63) is 0 Å². The third-order valence-corrected chi connectivity index (χ3v) is 6.59. The Balaban J connectivity index is 1.66. The molecule has 1 unspecified atom stereocenters. The molecule has 26 heavy (non-hydrogen) atoms. The fraction of sp³-hybridized carbons (Fsp3) is 0.944. The van der Waals surface area contributed by atoms with Crippen molar-refractivity contribution in [2.24, 2.45) is 0 Å². The molecule has 0 spiro atoms. The summed E-state index contributed by atoms with van der Waals surface area (Å²) in [4.78, 5) is 2.18. The second-order valence-electron chi connectivity index (χ2n) is 7.82. The van der Waals surface area contributed by atoms with Crippen LogP contribution < -0.4 is 0 Å². The van der Waals surface area contributed by atoms with Crippen molar-refractivity contribution in [2.45, 2.75) is 83.6 Å². The van der Waals surface area contributed by atoms with E-state index in [1.807, 2.05) is 27.7 Å². The average Bonchev–Trinajstić information content (AvgIpc) is 3.17. The first-order valence-electron chi connectivity index (χ1n) is 9.40. The molecule has 3 fully saturated rings. The van der Waals surface area contributed by atoms with Gasteiger partial charge in [0, 0.05) is 18.8 Å². The van der Waals surface area contributed by atoms with Crippen molar-refractivity contribution >= 4 is 28.3 Å². The second kappa shape index (κ2) is 7.81. The van der Waals surface area contributed by atoms with Gasteiger partial charge in [-0.3, -0.25) is 0 Å². The number of thioether (sulfide) groups is 1. The van der Waals surface area contributed by atoms with E-state index in [-0.39, 0.29) is 30.5 Å². The molecule has 0 radical (unpaired) electrons. The lowest BCUT2D eigenvalue weighted by molar-refractivity contribution is -0.204. The number of ether oxygens (including phenoxy) is 5.